The molecule has 4 rings (SSSR count). The summed E-state index contributed by atoms with van der Waals surface area (Å²) in [5.74, 6) is -0.168. The number of anilines is 1. The Labute approximate surface area is 198 Å². The summed E-state index contributed by atoms with van der Waals surface area (Å²) in [6.45, 7) is 9.82. The van der Waals surface area contributed by atoms with Crippen LogP contribution < -0.4 is 10.6 Å². The first kappa shape index (κ1) is 23.1. The van der Waals surface area contributed by atoms with Crippen molar-refractivity contribution in [1.29, 1.82) is 0 Å². The van der Waals surface area contributed by atoms with Gasteiger partial charge in [-0.3, -0.25) is 14.6 Å². The number of amides is 2. The van der Waals surface area contributed by atoms with Crippen LogP contribution in [0.4, 0.5) is 5.82 Å². The average molecular weight is 457 g/mol. The SMILES string of the molecule is Cc1ccc(C(=O)Nc2ccc3c(C(=O)NC(C)c4cccnc4)nn(C(C)(C)C)c3n2)cc1. The highest BCUT2D eigenvalue weighted by Gasteiger charge is 2.26. The molecule has 174 valence electrons. The maximum Gasteiger partial charge on any atom is 0.272 e. The van der Waals surface area contributed by atoms with E-state index in [1.54, 1.807) is 41.3 Å². The van der Waals surface area contributed by atoms with Crippen molar-refractivity contribution < 1.29 is 9.59 Å². The lowest BCUT2D eigenvalue weighted by Gasteiger charge is -2.20. The smallest absolute Gasteiger partial charge is 0.272 e. The number of carbonyl (C=O) groups excluding carboxylic acids is 2. The molecule has 8 nitrogen and oxygen atoms in total. The molecule has 4 aromatic rings. The topological polar surface area (TPSA) is 102 Å². The van der Waals surface area contributed by atoms with Gasteiger partial charge in [0, 0.05) is 18.0 Å². The number of carbonyl (C=O) groups is 2. The van der Waals surface area contributed by atoms with E-state index in [9.17, 15) is 9.59 Å². The van der Waals surface area contributed by atoms with Crippen molar-refractivity contribution in [3.63, 3.8) is 0 Å². The lowest BCUT2D eigenvalue weighted by molar-refractivity contribution is 0.0934. The monoisotopic (exact) mass is 456 g/mol. The molecule has 8 heteroatoms. The highest BCUT2D eigenvalue weighted by Crippen LogP contribution is 2.26. The van der Waals surface area contributed by atoms with Crippen LogP contribution in [-0.2, 0) is 5.54 Å². The van der Waals surface area contributed by atoms with E-state index in [1.165, 1.54) is 0 Å². The molecule has 2 amide bonds. The number of nitrogens with zero attached hydrogens (tertiary/aromatic N) is 4. The Hall–Kier alpha value is -4.07. The van der Waals surface area contributed by atoms with Crippen molar-refractivity contribution in [3.8, 4) is 0 Å². The number of aryl methyl sites for hydroxylation is 1. The summed E-state index contributed by atoms with van der Waals surface area (Å²) in [5, 5.41) is 11.1. The number of aromatic nitrogens is 4. The maximum absolute atomic E-state index is 13.2. The fourth-order valence-corrected chi connectivity index (χ4v) is 3.57. The van der Waals surface area contributed by atoms with Crippen LogP contribution in [0.3, 0.4) is 0 Å². The van der Waals surface area contributed by atoms with Crippen molar-refractivity contribution in [2.45, 2.75) is 46.2 Å². The Kier molecular flexibility index (Phi) is 6.15. The maximum atomic E-state index is 13.2. The largest absolute Gasteiger partial charge is 0.344 e. The molecule has 0 aliphatic rings. The van der Waals surface area contributed by atoms with Gasteiger partial charge < -0.3 is 10.6 Å². The molecule has 0 saturated carbocycles. The number of rotatable bonds is 5. The normalized spacial score (nSPS) is 12.4. The van der Waals surface area contributed by atoms with Crippen molar-refractivity contribution in [2.75, 3.05) is 5.32 Å². The number of nitrogens with one attached hydrogen (secondary N) is 2. The molecule has 0 radical (unpaired) electrons. The van der Waals surface area contributed by atoms with Crippen molar-refractivity contribution in [3.05, 3.63) is 83.3 Å². The molecule has 0 aliphatic heterocycles. The minimum absolute atomic E-state index is 0.239. The van der Waals surface area contributed by atoms with E-state index in [-0.39, 0.29) is 23.6 Å². The average Bonchev–Trinajstić information content (AvgIpc) is 3.19. The molecule has 0 saturated heterocycles. The molecule has 3 heterocycles. The van der Waals surface area contributed by atoms with Gasteiger partial charge in [-0.15, -0.1) is 0 Å². The van der Waals surface area contributed by atoms with E-state index in [1.807, 2.05) is 58.9 Å². The van der Waals surface area contributed by atoms with Gasteiger partial charge in [-0.2, -0.15) is 5.10 Å². The summed E-state index contributed by atoms with van der Waals surface area (Å²) in [4.78, 5) is 34.6. The first-order valence-electron chi connectivity index (χ1n) is 11.1. The quantitative estimate of drug-likeness (QED) is 0.456. The summed E-state index contributed by atoms with van der Waals surface area (Å²) >= 11 is 0. The third kappa shape index (κ3) is 4.80. The molecule has 34 heavy (non-hydrogen) atoms. The van der Waals surface area contributed by atoms with Crippen LogP contribution in [0.2, 0.25) is 0 Å². The summed E-state index contributed by atoms with van der Waals surface area (Å²) in [6, 6.07) is 14.3. The number of hydrogen-bond acceptors (Lipinski definition) is 5. The van der Waals surface area contributed by atoms with E-state index >= 15 is 0 Å². The molecule has 0 fully saturated rings. The van der Waals surface area contributed by atoms with Crippen LogP contribution >= 0.6 is 0 Å². The number of pyridine rings is 2. The van der Waals surface area contributed by atoms with Gasteiger partial charge in [-0.05, 0) is 70.5 Å². The summed E-state index contributed by atoms with van der Waals surface area (Å²) < 4.78 is 1.72. The Morgan fingerprint density at radius 2 is 1.74 bits per heavy atom. The highest BCUT2D eigenvalue weighted by atomic mass is 16.2. The second-order valence-corrected chi connectivity index (χ2v) is 9.30. The predicted octanol–water partition coefficient (Wildman–Crippen LogP) is 4.63. The number of benzene rings is 1. The molecule has 0 spiro atoms. The van der Waals surface area contributed by atoms with Crippen molar-refractivity contribution in [1.82, 2.24) is 25.1 Å². The van der Waals surface area contributed by atoms with E-state index in [0.717, 1.165) is 11.1 Å². The second-order valence-electron chi connectivity index (χ2n) is 9.30. The third-order valence-corrected chi connectivity index (χ3v) is 5.47. The molecule has 1 aromatic carbocycles. The third-order valence-electron chi connectivity index (χ3n) is 5.47. The van der Waals surface area contributed by atoms with Gasteiger partial charge in [0.2, 0.25) is 0 Å². The highest BCUT2D eigenvalue weighted by molar-refractivity contribution is 6.06. The molecule has 0 bridgehead atoms. The summed E-state index contributed by atoms with van der Waals surface area (Å²) in [6.07, 6.45) is 3.42. The van der Waals surface area contributed by atoms with E-state index in [0.29, 0.717) is 22.4 Å². The fourth-order valence-electron chi connectivity index (χ4n) is 3.57. The van der Waals surface area contributed by atoms with Crippen LogP contribution in [0.25, 0.3) is 11.0 Å². The zero-order valence-electron chi connectivity index (χ0n) is 20.0. The Morgan fingerprint density at radius 1 is 1.00 bits per heavy atom. The van der Waals surface area contributed by atoms with Gasteiger partial charge in [0.05, 0.1) is 17.0 Å². The fraction of sp³-hybridized carbons (Fsp3) is 0.269. The minimum atomic E-state index is -0.432. The van der Waals surface area contributed by atoms with E-state index < -0.39 is 5.54 Å². The first-order valence-corrected chi connectivity index (χ1v) is 11.1. The lowest BCUT2D eigenvalue weighted by atomic mass is 10.1. The zero-order valence-corrected chi connectivity index (χ0v) is 20.0. The number of fused-ring (bicyclic) bond motifs is 1. The molecule has 1 atom stereocenters. The predicted molar refractivity (Wildman–Crippen MR) is 132 cm³/mol. The second kappa shape index (κ2) is 9.05. The molecule has 2 N–H and O–H groups in total. The van der Waals surface area contributed by atoms with Crippen molar-refractivity contribution >= 4 is 28.7 Å². The Morgan fingerprint density at radius 3 is 2.38 bits per heavy atom. The Bertz CT molecular complexity index is 1340. The van der Waals surface area contributed by atoms with Gasteiger partial charge in [0.25, 0.3) is 11.8 Å². The number of hydrogen-bond donors (Lipinski definition) is 2. The van der Waals surface area contributed by atoms with Gasteiger partial charge in [-0.25, -0.2) is 9.67 Å². The zero-order chi connectivity index (χ0) is 24.5. The standard InChI is InChI=1S/C26H28N6O2/c1-16-8-10-18(11-9-16)24(33)30-21-13-12-20-22(31-32(23(20)29-21)26(3,4)5)25(34)28-17(2)19-7-6-14-27-15-19/h6-15,17H,1-5H3,(H,28,34)(H,29,30,33). The van der Waals surface area contributed by atoms with E-state index in [2.05, 4.69) is 25.7 Å². The first-order chi connectivity index (χ1) is 16.1. The van der Waals surface area contributed by atoms with Gasteiger partial charge in [0.1, 0.15) is 5.82 Å². The van der Waals surface area contributed by atoms with Crippen LogP contribution in [-0.4, -0.2) is 31.6 Å². The van der Waals surface area contributed by atoms with Crippen LogP contribution in [0.5, 0.6) is 0 Å². The molecule has 3 aromatic heterocycles. The van der Waals surface area contributed by atoms with Gasteiger partial charge in [-0.1, -0.05) is 23.8 Å². The van der Waals surface area contributed by atoms with E-state index in [4.69, 9.17) is 0 Å². The van der Waals surface area contributed by atoms with Crippen LogP contribution in [0, 0.1) is 6.92 Å². The Balaban J connectivity index is 1.66. The van der Waals surface area contributed by atoms with Gasteiger partial charge in [0.15, 0.2) is 11.3 Å². The minimum Gasteiger partial charge on any atom is -0.344 e. The summed E-state index contributed by atoms with van der Waals surface area (Å²) in [7, 11) is 0. The lowest BCUT2D eigenvalue weighted by Crippen LogP contribution is -2.28. The van der Waals surface area contributed by atoms with Crippen LogP contribution in [0.15, 0.2) is 60.9 Å². The molecular formula is C26H28N6O2. The molecule has 0 aliphatic carbocycles. The van der Waals surface area contributed by atoms with Crippen molar-refractivity contribution in [2.24, 2.45) is 0 Å². The summed E-state index contributed by atoms with van der Waals surface area (Å²) in [5.41, 5.74) is 2.89. The molecular weight excluding hydrogens is 428 g/mol. The van der Waals surface area contributed by atoms with Crippen LogP contribution in [0.1, 0.15) is 65.7 Å². The van der Waals surface area contributed by atoms with Gasteiger partial charge >= 0.3 is 0 Å². The molecule has 1 unspecified atom stereocenters.